The second-order valence-electron chi connectivity index (χ2n) is 6.58. The molecular formula is C19H20N2O5S. The Morgan fingerprint density at radius 2 is 1.93 bits per heavy atom. The molecule has 0 amide bonds. The fourth-order valence-corrected chi connectivity index (χ4v) is 4.82. The number of nitrogens with zero attached hydrogens (tertiary/aromatic N) is 1. The van der Waals surface area contributed by atoms with Crippen molar-refractivity contribution in [1.29, 1.82) is 0 Å². The first-order valence-electron chi connectivity index (χ1n) is 8.80. The maximum atomic E-state index is 12.5. The average Bonchev–Trinajstić information content (AvgIpc) is 3.38. The number of ether oxygens (including phenoxy) is 1. The molecule has 0 saturated carbocycles. The minimum atomic E-state index is -3.61. The molecule has 2 aromatic heterocycles. The number of aromatic nitrogens is 1. The van der Waals surface area contributed by atoms with E-state index < -0.39 is 16.0 Å². The van der Waals surface area contributed by atoms with Crippen molar-refractivity contribution in [1.82, 2.24) is 9.29 Å². The van der Waals surface area contributed by atoms with Crippen LogP contribution in [0.25, 0.3) is 10.9 Å². The Labute approximate surface area is 157 Å². The zero-order valence-corrected chi connectivity index (χ0v) is 15.7. The predicted octanol–water partition coefficient (Wildman–Crippen LogP) is 3.21. The molecule has 1 aromatic carbocycles. The first-order chi connectivity index (χ1) is 13.0. The number of carbonyl (C=O) groups is 1. The molecule has 8 heteroatoms. The number of sulfonamides is 1. The van der Waals surface area contributed by atoms with Crippen LogP contribution in [0.15, 0.2) is 45.9 Å². The van der Waals surface area contributed by atoms with E-state index in [2.05, 4.69) is 4.98 Å². The Bertz CT molecular complexity index is 1090. The number of H-pyrrole nitrogens is 1. The van der Waals surface area contributed by atoms with E-state index in [1.165, 1.54) is 16.4 Å². The van der Waals surface area contributed by atoms with Crippen LogP contribution in [-0.4, -0.2) is 36.8 Å². The molecule has 7 nitrogen and oxygen atoms in total. The number of para-hydroxylation sites is 1. The van der Waals surface area contributed by atoms with Gasteiger partial charge in [-0.1, -0.05) is 18.2 Å². The summed E-state index contributed by atoms with van der Waals surface area (Å²) in [5.74, 6) is -0.191. The molecule has 0 bridgehead atoms. The van der Waals surface area contributed by atoms with Crippen LogP contribution in [0, 0.1) is 6.92 Å². The molecule has 142 valence electrons. The Kier molecular flexibility index (Phi) is 4.53. The summed E-state index contributed by atoms with van der Waals surface area (Å²) >= 11 is 0. The summed E-state index contributed by atoms with van der Waals surface area (Å²) in [4.78, 5) is 15.7. The molecule has 1 saturated heterocycles. The third kappa shape index (κ3) is 3.26. The highest BCUT2D eigenvalue weighted by atomic mass is 32.2. The highest BCUT2D eigenvalue weighted by Crippen LogP contribution is 2.25. The summed E-state index contributed by atoms with van der Waals surface area (Å²) in [5.41, 5.74) is 2.05. The van der Waals surface area contributed by atoms with Crippen molar-refractivity contribution in [3.8, 4) is 0 Å². The standard InChI is InChI=1S/C19H20N2O5S/c1-13-18(15-6-2-3-7-16(15)20-13)19(22)25-12-14-8-9-17(26-14)27(23,24)21-10-4-5-11-21/h2-3,6-9,20H,4-5,10-12H2,1H3. The third-order valence-electron chi connectivity index (χ3n) is 4.74. The Morgan fingerprint density at radius 3 is 2.70 bits per heavy atom. The molecule has 1 N–H and O–H groups in total. The number of aromatic amines is 1. The van der Waals surface area contributed by atoms with Gasteiger partial charge in [0.1, 0.15) is 12.4 Å². The van der Waals surface area contributed by atoms with Gasteiger partial charge in [0, 0.05) is 29.7 Å². The second-order valence-corrected chi connectivity index (χ2v) is 8.45. The largest absolute Gasteiger partial charge is 0.454 e. The lowest BCUT2D eigenvalue weighted by Gasteiger charge is -2.12. The summed E-state index contributed by atoms with van der Waals surface area (Å²) in [7, 11) is -3.61. The van der Waals surface area contributed by atoms with Crippen LogP contribution in [0.5, 0.6) is 0 Å². The van der Waals surface area contributed by atoms with E-state index in [0.717, 1.165) is 29.4 Å². The molecule has 1 fully saturated rings. The fraction of sp³-hybridized carbons (Fsp3) is 0.316. The van der Waals surface area contributed by atoms with Gasteiger partial charge < -0.3 is 14.1 Å². The van der Waals surface area contributed by atoms with Crippen molar-refractivity contribution >= 4 is 26.9 Å². The van der Waals surface area contributed by atoms with Gasteiger partial charge in [0.2, 0.25) is 5.09 Å². The molecule has 0 atom stereocenters. The molecule has 27 heavy (non-hydrogen) atoms. The molecule has 0 aliphatic carbocycles. The molecule has 0 spiro atoms. The minimum Gasteiger partial charge on any atom is -0.454 e. The monoisotopic (exact) mass is 388 g/mol. The van der Waals surface area contributed by atoms with Crippen LogP contribution in [0.2, 0.25) is 0 Å². The number of esters is 1. The summed E-state index contributed by atoms with van der Waals surface area (Å²) < 4.78 is 37.2. The van der Waals surface area contributed by atoms with Crippen molar-refractivity contribution < 1.29 is 22.4 Å². The first-order valence-corrected chi connectivity index (χ1v) is 10.2. The lowest BCUT2D eigenvalue weighted by atomic mass is 10.1. The number of benzene rings is 1. The van der Waals surface area contributed by atoms with Gasteiger partial charge >= 0.3 is 5.97 Å². The van der Waals surface area contributed by atoms with Crippen LogP contribution >= 0.6 is 0 Å². The normalized spacial score (nSPS) is 15.4. The molecule has 3 heterocycles. The highest BCUT2D eigenvalue weighted by molar-refractivity contribution is 7.89. The molecule has 0 radical (unpaired) electrons. The number of hydrogen-bond donors (Lipinski definition) is 1. The van der Waals surface area contributed by atoms with E-state index >= 15 is 0 Å². The maximum absolute atomic E-state index is 12.5. The smallest absolute Gasteiger partial charge is 0.341 e. The van der Waals surface area contributed by atoms with Crippen molar-refractivity contribution in [2.75, 3.05) is 13.1 Å². The number of carbonyl (C=O) groups excluding carboxylic acids is 1. The summed E-state index contributed by atoms with van der Waals surface area (Å²) in [6.07, 6.45) is 1.71. The van der Waals surface area contributed by atoms with Gasteiger partial charge in [0.25, 0.3) is 10.0 Å². The van der Waals surface area contributed by atoms with Gasteiger partial charge in [0.05, 0.1) is 5.56 Å². The van der Waals surface area contributed by atoms with Gasteiger partial charge in [-0.2, -0.15) is 4.31 Å². The number of nitrogens with one attached hydrogen (secondary N) is 1. The van der Waals surface area contributed by atoms with Gasteiger partial charge in [-0.3, -0.25) is 0 Å². The molecule has 4 rings (SSSR count). The van der Waals surface area contributed by atoms with E-state index in [9.17, 15) is 13.2 Å². The average molecular weight is 388 g/mol. The molecule has 1 aliphatic heterocycles. The first kappa shape index (κ1) is 17.8. The zero-order valence-electron chi connectivity index (χ0n) is 14.9. The van der Waals surface area contributed by atoms with Crippen LogP contribution in [0.4, 0.5) is 0 Å². The molecule has 3 aromatic rings. The SMILES string of the molecule is Cc1[nH]c2ccccc2c1C(=O)OCc1ccc(S(=O)(=O)N2CCCC2)o1. The number of fused-ring (bicyclic) bond motifs is 1. The van der Waals surface area contributed by atoms with Gasteiger partial charge in [0.15, 0.2) is 0 Å². The Hall–Kier alpha value is -2.58. The van der Waals surface area contributed by atoms with Gasteiger partial charge in [-0.15, -0.1) is 0 Å². The molecular weight excluding hydrogens is 368 g/mol. The van der Waals surface area contributed by atoms with Gasteiger partial charge in [-0.25, -0.2) is 13.2 Å². The fourth-order valence-electron chi connectivity index (χ4n) is 3.38. The third-order valence-corrected chi connectivity index (χ3v) is 6.51. The van der Waals surface area contributed by atoms with Crippen molar-refractivity contribution in [2.24, 2.45) is 0 Å². The van der Waals surface area contributed by atoms with E-state index in [1.807, 2.05) is 31.2 Å². The lowest BCUT2D eigenvalue weighted by molar-refractivity contribution is 0.0442. The highest BCUT2D eigenvalue weighted by Gasteiger charge is 2.30. The van der Waals surface area contributed by atoms with Crippen LogP contribution in [0.1, 0.15) is 34.7 Å². The number of rotatable bonds is 5. The molecule has 0 unspecified atom stereocenters. The van der Waals surface area contributed by atoms with Crippen LogP contribution in [-0.2, 0) is 21.4 Å². The summed E-state index contributed by atoms with van der Waals surface area (Å²) in [6, 6.07) is 10.4. The van der Waals surface area contributed by atoms with E-state index in [-0.39, 0.29) is 11.7 Å². The number of furan rings is 1. The quantitative estimate of drug-likeness (QED) is 0.678. The topological polar surface area (TPSA) is 92.6 Å². The Morgan fingerprint density at radius 1 is 1.19 bits per heavy atom. The number of aryl methyl sites for hydroxylation is 1. The summed E-state index contributed by atoms with van der Waals surface area (Å²) in [6.45, 7) is 2.69. The van der Waals surface area contributed by atoms with E-state index in [1.54, 1.807) is 0 Å². The summed E-state index contributed by atoms with van der Waals surface area (Å²) in [5, 5.41) is 0.676. The van der Waals surface area contributed by atoms with Gasteiger partial charge in [-0.05, 0) is 38.0 Å². The number of hydrogen-bond acceptors (Lipinski definition) is 5. The predicted molar refractivity (Wildman–Crippen MR) is 98.9 cm³/mol. The van der Waals surface area contributed by atoms with Crippen molar-refractivity contribution in [3.63, 3.8) is 0 Å². The van der Waals surface area contributed by atoms with Crippen LogP contribution < -0.4 is 0 Å². The maximum Gasteiger partial charge on any atom is 0.341 e. The van der Waals surface area contributed by atoms with E-state index in [4.69, 9.17) is 9.15 Å². The minimum absolute atomic E-state index is 0.112. The van der Waals surface area contributed by atoms with Crippen molar-refractivity contribution in [3.05, 3.63) is 53.4 Å². The van der Waals surface area contributed by atoms with E-state index in [0.29, 0.717) is 24.4 Å². The molecule has 1 aliphatic rings. The van der Waals surface area contributed by atoms with Crippen molar-refractivity contribution in [2.45, 2.75) is 31.5 Å². The Balaban J connectivity index is 1.48. The van der Waals surface area contributed by atoms with Crippen LogP contribution in [0.3, 0.4) is 0 Å². The lowest BCUT2D eigenvalue weighted by Crippen LogP contribution is -2.27. The second kappa shape index (κ2) is 6.86. The zero-order chi connectivity index (χ0) is 19.0.